The van der Waals surface area contributed by atoms with Crippen molar-refractivity contribution in [1.29, 1.82) is 0 Å². The van der Waals surface area contributed by atoms with Gasteiger partial charge in [-0.05, 0) is 25.5 Å². The van der Waals surface area contributed by atoms with Gasteiger partial charge in [0.05, 0.1) is 24.7 Å². The van der Waals surface area contributed by atoms with E-state index in [-0.39, 0.29) is 29.7 Å². The number of rotatable bonds is 8. The molecule has 1 fully saturated rings. The van der Waals surface area contributed by atoms with E-state index >= 15 is 0 Å². The van der Waals surface area contributed by atoms with Crippen LogP contribution in [0.25, 0.3) is 0 Å². The number of nitro groups is 1. The molecule has 0 aromatic heterocycles. The highest BCUT2D eigenvalue weighted by Gasteiger charge is 2.09. The standard InChI is InChI=1S/C17H27N5O3.HI/c1-2-18-17(19-8-3-9-21-10-12-25-13-11-21)20-14-15-4-6-16(7-5-15)22(23)24;/h4-7H,2-3,8-14H2,1H3,(H2,18,19,20);1H. The summed E-state index contributed by atoms with van der Waals surface area (Å²) in [6.45, 7) is 8.87. The van der Waals surface area contributed by atoms with Crippen molar-refractivity contribution in [3.8, 4) is 0 Å². The monoisotopic (exact) mass is 477 g/mol. The number of aliphatic imine (C=N–C) groups is 1. The molecule has 9 heteroatoms. The molecule has 8 nitrogen and oxygen atoms in total. The Labute approximate surface area is 171 Å². The summed E-state index contributed by atoms with van der Waals surface area (Å²) < 4.78 is 5.35. The number of nitrogens with one attached hydrogen (secondary N) is 2. The molecule has 0 spiro atoms. The summed E-state index contributed by atoms with van der Waals surface area (Å²) in [5.74, 6) is 0.767. The van der Waals surface area contributed by atoms with Crippen LogP contribution < -0.4 is 10.6 Å². The van der Waals surface area contributed by atoms with Crippen LogP contribution in [0.3, 0.4) is 0 Å². The van der Waals surface area contributed by atoms with Gasteiger partial charge in [-0.2, -0.15) is 0 Å². The zero-order chi connectivity index (χ0) is 17.9. The summed E-state index contributed by atoms with van der Waals surface area (Å²) in [6, 6.07) is 6.49. The van der Waals surface area contributed by atoms with E-state index in [1.165, 1.54) is 12.1 Å². The highest BCUT2D eigenvalue weighted by Crippen LogP contribution is 2.12. The van der Waals surface area contributed by atoms with Crippen molar-refractivity contribution in [3.63, 3.8) is 0 Å². The molecular weight excluding hydrogens is 449 g/mol. The minimum absolute atomic E-state index is 0. The maximum Gasteiger partial charge on any atom is 0.269 e. The van der Waals surface area contributed by atoms with Crippen LogP contribution in [0.1, 0.15) is 18.9 Å². The molecular formula is C17H28IN5O3. The van der Waals surface area contributed by atoms with Crippen molar-refractivity contribution in [2.45, 2.75) is 19.9 Å². The van der Waals surface area contributed by atoms with E-state index in [0.717, 1.165) is 63.9 Å². The molecule has 2 rings (SSSR count). The van der Waals surface area contributed by atoms with Crippen LogP contribution in [0.4, 0.5) is 5.69 Å². The summed E-state index contributed by atoms with van der Waals surface area (Å²) >= 11 is 0. The van der Waals surface area contributed by atoms with Gasteiger partial charge < -0.3 is 15.4 Å². The Bertz CT molecular complexity index is 562. The first-order valence-electron chi connectivity index (χ1n) is 8.74. The number of nitro benzene ring substituents is 1. The van der Waals surface area contributed by atoms with Crippen molar-refractivity contribution in [2.24, 2.45) is 4.99 Å². The summed E-state index contributed by atoms with van der Waals surface area (Å²) in [4.78, 5) is 17.2. The van der Waals surface area contributed by atoms with Crippen LogP contribution in [-0.4, -0.2) is 61.7 Å². The van der Waals surface area contributed by atoms with E-state index in [1.54, 1.807) is 12.1 Å². The van der Waals surface area contributed by atoms with Crippen LogP contribution in [-0.2, 0) is 11.3 Å². The van der Waals surface area contributed by atoms with Gasteiger partial charge in [0.1, 0.15) is 0 Å². The summed E-state index contributed by atoms with van der Waals surface area (Å²) in [6.07, 6.45) is 1.04. The Kier molecular flexibility index (Phi) is 11.1. The number of benzene rings is 1. The second-order valence-electron chi connectivity index (χ2n) is 5.85. The fourth-order valence-corrected chi connectivity index (χ4v) is 2.57. The molecule has 0 aliphatic carbocycles. The molecule has 0 radical (unpaired) electrons. The number of hydrogen-bond donors (Lipinski definition) is 2. The van der Waals surface area contributed by atoms with Crippen molar-refractivity contribution >= 4 is 35.6 Å². The SMILES string of the molecule is CCNC(=NCc1ccc([N+](=O)[O-])cc1)NCCCN1CCOCC1.I. The largest absolute Gasteiger partial charge is 0.379 e. The lowest BCUT2D eigenvalue weighted by molar-refractivity contribution is -0.384. The lowest BCUT2D eigenvalue weighted by Crippen LogP contribution is -2.40. The first kappa shape index (κ1) is 22.6. The van der Waals surface area contributed by atoms with Crippen molar-refractivity contribution < 1.29 is 9.66 Å². The molecule has 1 heterocycles. The molecule has 0 saturated carbocycles. The molecule has 1 aliphatic rings. The van der Waals surface area contributed by atoms with Gasteiger partial charge in [-0.1, -0.05) is 12.1 Å². The van der Waals surface area contributed by atoms with E-state index in [2.05, 4.69) is 20.5 Å². The van der Waals surface area contributed by atoms with Gasteiger partial charge in [-0.25, -0.2) is 4.99 Å². The van der Waals surface area contributed by atoms with Gasteiger partial charge in [0.25, 0.3) is 5.69 Å². The van der Waals surface area contributed by atoms with E-state index in [1.807, 2.05) is 6.92 Å². The van der Waals surface area contributed by atoms with E-state index in [4.69, 9.17) is 4.74 Å². The maximum absolute atomic E-state index is 10.7. The number of halogens is 1. The molecule has 146 valence electrons. The molecule has 2 N–H and O–H groups in total. The van der Waals surface area contributed by atoms with Gasteiger partial charge in [0, 0.05) is 38.3 Å². The van der Waals surface area contributed by atoms with Crippen LogP contribution in [0.15, 0.2) is 29.3 Å². The van der Waals surface area contributed by atoms with Crippen LogP contribution in [0.2, 0.25) is 0 Å². The molecule has 0 atom stereocenters. The Balaban J connectivity index is 0.00000338. The van der Waals surface area contributed by atoms with Crippen molar-refractivity contribution in [3.05, 3.63) is 39.9 Å². The highest BCUT2D eigenvalue weighted by molar-refractivity contribution is 14.0. The van der Waals surface area contributed by atoms with Crippen molar-refractivity contribution in [2.75, 3.05) is 45.9 Å². The normalized spacial score (nSPS) is 15.2. The second-order valence-corrected chi connectivity index (χ2v) is 5.85. The molecule has 26 heavy (non-hydrogen) atoms. The fourth-order valence-electron chi connectivity index (χ4n) is 2.57. The lowest BCUT2D eigenvalue weighted by atomic mass is 10.2. The second kappa shape index (κ2) is 12.8. The maximum atomic E-state index is 10.7. The molecule has 1 aromatic carbocycles. The number of morpholine rings is 1. The molecule has 1 saturated heterocycles. The van der Waals surface area contributed by atoms with Gasteiger partial charge in [0.15, 0.2) is 5.96 Å². The quantitative estimate of drug-likeness (QED) is 0.149. The molecule has 0 amide bonds. The van der Waals surface area contributed by atoms with Crippen molar-refractivity contribution in [1.82, 2.24) is 15.5 Å². The predicted molar refractivity (Wildman–Crippen MR) is 113 cm³/mol. The van der Waals surface area contributed by atoms with E-state index in [0.29, 0.717) is 6.54 Å². The molecule has 0 bridgehead atoms. The lowest BCUT2D eigenvalue weighted by Gasteiger charge is -2.26. The average molecular weight is 477 g/mol. The molecule has 1 aliphatic heterocycles. The van der Waals surface area contributed by atoms with Crippen LogP contribution in [0.5, 0.6) is 0 Å². The number of non-ortho nitro benzene ring substituents is 1. The van der Waals surface area contributed by atoms with E-state index < -0.39 is 4.92 Å². The summed E-state index contributed by atoms with van der Waals surface area (Å²) in [5, 5.41) is 17.2. The third-order valence-electron chi connectivity index (χ3n) is 3.96. The Morgan fingerprint density at radius 3 is 2.58 bits per heavy atom. The third-order valence-corrected chi connectivity index (χ3v) is 3.96. The number of hydrogen-bond acceptors (Lipinski definition) is 5. The topological polar surface area (TPSA) is 92.0 Å². The van der Waals surface area contributed by atoms with Crippen LogP contribution in [0, 0.1) is 10.1 Å². The summed E-state index contributed by atoms with van der Waals surface area (Å²) in [5.41, 5.74) is 1.04. The number of guanidine groups is 1. The van der Waals surface area contributed by atoms with Gasteiger partial charge in [0.2, 0.25) is 0 Å². The first-order chi connectivity index (χ1) is 12.2. The minimum Gasteiger partial charge on any atom is -0.379 e. The third kappa shape index (κ3) is 8.28. The minimum atomic E-state index is -0.396. The van der Waals surface area contributed by atoms with Crippen LogP contribution >= 0.6 is 24.0 Å². The number of nitrogens with zero attached hydrogens (tertiary/aromatic N) is 3. The highest BCUT2D eigenvalue weighted by atomic mass is 127. The van der Waals surface area contributed by atoms with E-state index in [9.17, 15) is 10.1 Å². The fraction of sp³-hybridized carbons (Fsp3) is 0.588. The Hall–Kier alpha value is -1.46. The van der Waals surface area contributed by atoms with Gasteiger partial charge in [-0.15, -0.1) is 24.0 Å². The first-order valence-corrected chi connectivity index (χ1v) is 8.74. The predicted octanol–water partition coefficient (Wildman–Crippen LogP) is 1.99. The zero-order valence-corrected chi connectivity index (χ0v) is 17.5. The smallest absolute Gasteiger partial charge is 0.269 e. The summed E-state index contributed by atoms with van der Waals surface area (Å²) in [7, 11) is 0. The Morgan fingerprint density at radius 1 is 1.27 bits per heavy atom. The van der Waals surface area contributed by atoms with Gasteiger partial charge >= 0.3 is 0 Å². The average Bonchev–Trinajstić information content (AvgIpc) is 2.64. The van der Waals surface area contributed by atoms with Gasteiger partial charge in [-0.3, -0.25) is 15.0 Å². The molecule has 0 unspecified atom stereocenters. The zero-order valence-electron chi connectivity index (χ0n) is 15.1. The number of ether oxygens (including phenoxy) is 1. The molecule has 1 aromatic rings. The Morgan fingerprint density at radius 2 is 1.96 bits per heavy atom.